The van der Waals surface area contributed by atoms with Crippen LogP contribution in [-0.4, -0.2) is 17.9 Å². The molecule has 4 saturated carbocycles. The maximum absolute atomic E-state index is 11.6. The number of nitrogens with zero attached hydrogens (tertiary/aromatic N) is 1. The molecule has 1 N–H and O–H groups in total. The van der Waals surface area contributed by atoms with E-state index in [1.807, 2.05) is 43.5 Å². The summed E-state index contributed by atoms with van der Waals surface area (Å²) in [6.45, 7) is 6.89. The molecule has 4 aliphatic carbocycles. The lowest BCUT2D eigenvalue weighted by atomic mass is 9.48. The number of phenolic OH excluding ortho intramolecular Hbond substituents is 1. The number of hydrogen-bond donors (Lipinski definition) is 1. The Bertz CT molecular complexity index is 1290. The maximum atomic E-state index is 11.6. The largest absolute Gasteiger partial charge is 0.507 e. The van der Waals surface area contributed by atoms with Crippen molar-refractivity contribution in [1.29, 1.82) is 0 Å². The van der Waals surface area contributed by atoms with Gasteiger partial charge >= 0.3 is 0 Å². The number of aliphatic imine (C=N–C) groups is 1. The second-order valence-electron chi connectivity index (χ2n) is 11.6. The van der Waals surface area contributed by atoms with Crippen LogP contribution in [0.15, 0.2) is 59.6 Å². The van der Waals surface area contributed by atoms with Crippen LogP contribution in [0.2, 0.25) is 0 Å². The van der Waals surface area contributed by atoms with Crippen LogP contribution in [0.5, 0.6) is 11.5 Å². The van der Waals surface area contributed by atoms with Crippen molar-refractivity contribution in [3.63, 3.8) is 0 Å². The molecule has 186 valence electrons. The van der Waals surface area contributed by atoms with Crippen LogP contribution < -0.4 is 4.74 Å². The number of aryl methyl sites for hydroxylation is 2. The van der Waals surface area contributed by atoms with Gasteiger partial charge in [0.15, 0.2) is 0 Å². The fourth-order valence-electron chi connectivity index (χ4n) is 7.95. The van der Waals surface area contributed by atoms with Gasteiger partial charge in [-0.25, -0.2) is 0 Å². The molecule has 4 fully saturated rings. The van der Waals surface area contributed by atoms with Crippen molar-refractivity contribution in [2.75, 3.05) is 6.61 Å². The number of para-hydroxylation sites is 1. The van der Waals surface area contributed by atoms with E-state index in [1.165, 1.54) is 49.7 Å². The predicted octanol–water partition coefficient (Wildman–Crippen LogP) is 8.29. The summed E-state index contributed by atoms with van der Waals surface area (Å²) in [6, 6.07) is 18.7. The summed E-state index contributed by atoms with van der Waals surface area (Å²) < 4.78 is 5.94. The Balaban J connectivity index is 1.40. The Morgan fingerprint density at radius 1 is 0.944 bits per heavy atom. The minimum Gasteiger partial charge on any atom is -0.507 e. The Kier molecular flexibility index (Phi) is 5.90. The first-order valence-corrected chi connectivity index (χ1v) is 13.7. The van der Waals surface area contributed by atoms with Gasteiger partial charge in [-0.3, -0.25) is 4.99 Å². The monoisotopic (exact) mass is 479 g/mol. The molecule has 4 aliphatic rings. The van der Waals surface area contributed by atoms with Crippen molar-refractivity contribution in [3.8, 4) is 22.6 Å². The zero-order valence-corrected chi connectivity index (χ0v) is 21.8. The Morgan fingerprint density at radius 2 is 1.64 bits per heavy atom. The Morgan fingerprint density at radius 3 is 2.33 bits per heavy atom. The number of hydrogen-bond acceptors (Lipinski definition) is 3. The van der Waals surface area contributed by atoms with Crippen LogP contribution in [0.3, 0.4) is 0 Å². The van der Waals surface area contributed by atoms with Gasteiger partial charge in [-0.1, -0.05) is 36.4 Å². The smallest absolute Gasteiger partial charge is 0.128 e. The highest BCUT2D eigenvalue weighted by Crippen LogP contribution is 2.62. The van der Waals surface area contributed by atoms with Crippen molar-refractivity contribution in [2.24, 2.45) is 22.7 Å². The minimum absolute atomic E-state index is 0.151. The molecule has 3 aromatic carbocycles. The average Bonchev–Trinajstić information content (AvgIpc) is 2.84. The van der Waals surface area contributed by atoms with E-state index in [0.29, 0.717) is 12.4 Å². The first-order valence-electron chi connectivity index (χ1n) is 13.7. The third-order valence-electron chi connectivity index (χ3n) is 8.94. The molecule has 3 nitrogen and oxygen atoms in total. The van der Waals surface area contributed by atoms with E-state index in [-0.39, 0.29) is 5.41 Å². The summed E-state index contributed by atoms with van der Waals surface area (Å²) in [5.41, 5.74) is 7.52. The molecule has 0 radical (unpaired) electrons. The number of rotatable bonds is 6. The van der Waals surface area contributed by atoms with Gasteiger partial charge in [0.2, 0.25) is 0 Å². The van der Waals surface area contributed by atoms with Crippen molar-refractivity contribution in [2.45, 2.75) is 64.7 Å². The van der Waals surface area contributed by atoms with E-state index < -0.39 is 0 Å². The zero-order valence-electron chi connectivity index (χ0n) is 21.8. The third kappa shape index (κ3) is 4.03. The molecule has 0 aromatic heterocycles. The summed E-state index contributed by atoms with van der Waals surface area (Å²) in [7, 11) is 0. The summed E-state index contributed by atoms with van der Waals surface area (Å²) in [5.74, 6) is 3.83. The Hall–Kier alpha value is -3.07. The SMILES string of the molecule is CCOc1ccccc1-c1c(C)cccc1N=Cc1cc(C)cc(C23CC4CC(CC(C4)C2)C3)c1O. The molecule has 0 spiro atoms. The highest BCUT2D eigenvalue weighted by atomic mass is 16.5. The molecule has 0 heterocycles. The standard InChI is InChI=1S/C33H37NO2/c1-4-36-30-11-6-5-9-27(30)31-22(3)8-7-10-29(31)34-20-26-12-21(2)13-28(32(26)35)33-17-23-14-24(18-33)16-25(15-23)19-33/h5-13,20,23-25,35H,4,14-19H2,1-3H3. The number of benzene rings is 3. The predicted molar refractivity (Wildman–Crippen MR) is 148 cm³/mol. The van der Waals surface area contributed by atoms with Crippen molar-refractivity contribution < 1.29 is 9.84 Å². The topological polar surface area (TPSA) is 41.8 Å². The van der Waals surface area contributed by atoms with Gasteiger partial charge in [0, 0.05) is 28.5 Å². The molecular formula is C33H37NO2. The van der Waals surface area contributed by atoms with Crippen LogP contribution in [0.4, 0.5) is 5.69 Å². The molecule has 3 aromatic rings. The lowest BCUT2D eigenvalue weighted by Crippen LogP contribution is -2.48. The number of phenols is 1. The summed E-state index contributed by atoms with van der Waals surface area (Å²) >= 11 is 0. The molecule has 0 aliphatic heterocycles. The summed E-state index contributed by atoms with van der Waals surface area (Å²) in [4.78, 5) is 4.96. The molecule has 3 heteroatoms. The van der Waals surface area contributed by atoms with Gasteiger partial charge in [0.1, 0.15) is 11.5 Å². The van der Waals surface area contributed by atoms with Gasteiger partial charge in [-0.15, -0.1) is 0 Å². The van der Waals surface area contributed by atoms with Gasteiger partial charge < -0.3 is 9.84 Å². The average molecular weight is 480 g/mol. The lowest BCUT2D eigenvalue weighted by molar-refractivity contribution is -0.00616. The van der Waals surface area contributed by atoms with E-state index >= 15 is 0 Å². The second-order valence-corrected chi connectivity index (χ2v) is 11.6. The zero-order chi connectivity index (χ0) is 24.9. The minimum atomic E-state index is 0.151. The van der Waals surface area contributed by atoms with Crippen molar-refractivity contribution >= 4 is 11.9 Å². The molecular weight excluding hydrogens is 442 g/mol. The normalized spacial score (nSPS) is 26.6. The fourth-order valence-corrected chi connectivity index (χ4v) is 7.95. The molecule has 7 rings (SSSR count). The highest BCUT2D eigenvalue weighted by molar-refractivity contribution is 5.90. The molecule has 0 atom stereocenters. The molecule has 36 heavy (non-hydrogen) atoms. The molecule has 0 amide bonds. The van der Waals surface area contributed by atoms with Crippen LogP contribution in [0.25, 0.3) is 11.1 Å². The van der Waals surface area contributed by atoms with Crippen LogP contribution in [-0.2, 0) is 5.41 Å². The van der Waals surface area contributed by atoms with E-state index in [2.05, 4.69) is 38.1 Å². The van der Waals surface area contributed by atoms with Crippen molar-refractivity contribution in [1.82, 2.24) is 0 Å². The lowest BCUT2D eigenvalue weighted by Gasteiger charge is -2.57. The second kappa shape index (κ2) is 9.10. The van der Waals surface area contributed by atoms with Crippen LogP contribution in [0.1, 0.15) is 67.7 Å². The third-order valence-corrected chi connectivity index (χ3v) is 8.94. The summed E-state index contributed by atoms with van der Waals surface area (Å²) in [5, 5.41) is 11.6. The summed E-state index contributed by atoms with van der Waals surface area (Å²) in [6.07, 6.45) is 9.79. The Labute approximate surface area is 215 Å². The van der Waals surface area contributed by atoms with E-state index in [9.17, 15) is 5.11 Å². The molecule has 0 unspecified atom stereocenters. The van der Waals surface area contributed by atoms with Crippen LogP contribution in [0, 0.1) is 31.6 Å². The molecule has 4 bridgehead atoms. The first kappa shape index (κ1) is 23.3. The molecule has 0 saturated heterocycles. The first-order chi connectivity index (χ1) is 17.5. The van der Waals surface area contributed by atoms with E-state index in [4.69, 9.17) is 9.73 Å². The van der Waals surface area contributed by atoms with Gasteiger partial charge in [0.05, 0.1) is 12.3 Å². The fraction of sp³-hybridized carbons (Fsp3) is 0.424. The number of aromatic hydroxyl groups is 1. The van der Waals surface area contributed by atoms with Crippen molar-refractivity contribution in [3.05, 3.63) is 76.9 Å². The van der Waals surface area contributed by atoms with Gasteiger partial charge in [-0.2, -0.15) is 0 Å². The van der Waals surface area contributed by atoms with Gasteiger partial charge in [-0.05, 0) is 112 Å². The van der Waals surface area contributed by atoms with E-state index in [1.54, 1.807) is 0 Å². The van der Waals surface area contributed by atoms with Gasteiger partial charge in [0.25, 0.3) is 0 Å². The maximum Gasteiger partial charge on any atom is 0.128 e. The van der Waals surface area contributed by atoms with Crippen LogP contribution >= 0.6 is 0 Å². The van der Waals surface area contributed by atoms with E-state index in [0.717, 1.165) is 51.4 Å². The quantitative estimate of drug-likeness (QED) is 0.361. The number of ether oxygens (including phenoxy) is 1. The highest BCUT2D eigenvalue weighted by Gasteiger charge is 2.52.